The molecular weight excluding hydrogens is 206 g/mol. The highest BCUT2D eigenvalue weighted by atomic mass is 35.5. The van der Waals surface area contributed by atoms with E-state index in [0.29, 0.717) is 0 Å². The number of nitrogens with zero attached hydrogens (tertiary/aromatic N) is 1. The Morgan fingerprint density at radius 2 is 2.14 bits per heavy atom. The minimum absolute atomic E-state index is 0.202. The monoisotopic (exact) mass is 213 g/mol. The summed E-state index contributed by atoms with van der Waals surface area (Å²) in [6, 6.07) is 9.30. The van der Waals surface area contributed by atoms with E-state index < -0.39 is 5.97 Å². The first-order valence-corrected chi connectivity index (χ1v) is 4.15. The molecule has 0 aliphatic heterocycles. The van der Waals surface area contributed by atoms with Gasteiger partial charge in [0.05, 0.1) is 0 Å². The molecule has 1 aromatic carbocycles. The van der Waals surface area contributed by atoms with Gasteiger partial charge in [0, 0.05) is 0 Å². The Hall–Kier alpha value is -1.55. The van der Waals surface area contributed by atoms with E-state index in [2.05, 4.69) is 9.55 Å². The van der Waals surface area contributed by atoms with Gasteiger partial charge < -0.3 is 4.74 Å². The van der Waals surface area contributed by atoms with Gasteiger partial charge in [-0.25, -0.2) is 4.79 Å². The molecule has 0 heterocycles. The Morgan fingerprint density at radius 3 is 2.79 bits per heavy atom. The van der Waals surface area contributed by atoms with Gasteiger partial charge in [0.1, 0.15) is 6.61 Å². The van der Waals surface area contributed by atoms with Crippen LogP contribution >= 0.6 is 11.9 Å². The SMILES string of the molecule is O=C(/C=N/OCl)OCc1ccccc1. The maximum absolute atomic E-state index is 10.9. The lowest BCUT2D eigenvalue weighted by Gasteiger charge is -2.00. The summed E-state index contributed by atoms with van der Waals surface area (Å²) >= 11 is 4.76. The Bertz CT molecular complexity index is 313. The highest BCUT2D eigenvalue weighted by Gasteiger charge is 1.98. The van der Waals surface area contributed by atoms with Gasteiger partial charge in [0.2, 0.25) is 0 Å². The molecule has 0 aliphatic carbocycles. The fourth-order valence-electron chi connectivity index (χ4n) is 0.829. The zero-order valence-electron chi connectivity index (χ0n) is 7.22. The molecule has 1 aromatic rings. The Morgan fingerprint density at radius 1 is 1.43 bits per heavy atom. The Labute approximate surface area is 86.2 Å². The summed E-state index contributed by atoms with van der Waals surface area (Å²) in [7, 11) is 0. The van der Waals surface area contributed by atoms with Gasteiger partial charge in [-0.1, -0.05) is 35.5 Å². The van der Waals surface area contributed by atoms with Crippen LogP contribution in [0.4, 0.5) is 0 Å². The van der Waals surface area contributed by atoms with Crippen molar-refractivity contribution in [1.29, 1.82) is 0 Å². The summed E-state index contributed by atoms with van der Waals surface area (Å²) in [6.07, 6.45) is 0.857. The van der Waals surface area contributed by atoms with Crippen molar-refractivity contribution in [3.05, 3.63) is 35.9 Å². The van der Waals surface area contributed by atoms with Crippen molar-refractivity contribution in [2.24, 2.45) is 5.16 Å². The number of ether oxygens (including phenoxy) is 1. The maximum Gasteiger partial charge on any atom is 0.353 e. The molecule has 0 fully saturated rings. The molecule has 14 heavy (non-hydrogen) atoms. The van der Waals surface area contributed by atoms with Gasteiger partial charge in [0.25, 0.3) is 0 Å². The highest BCUT2D eigenvalue weighted by Crippen LogP contribution is 1.99. The zero-order chi connectivity index (χ0) is 10.2. The molecule has 0 N–H and O–H groups in total. The molecule has 0 bridgehead atoms. The number of esters is 1. The molecule has 0 atom stereocenters. The molecule has 4 nitrogen and oxygen atoms in total. The number of hydrogen-bond acceptors (Lipinski definition) is 4. The van der Waals surface area contributed by atoms with Gasteiger partial charge in [-0.05, 0) is 5.56 Å². The second-order valence-electron chi connectivity index (χ2n) is 2.40. The first kappa shape index (κ1) is 10.5. The second kappa shape index (κ2) is 5.99. The summed E-state index contributed by atoms with van der Waals surface area (Å²) in [5.74, 6) is -0.602. The summed E-state index contributed by atoms with van der Waals surface area (Å²) in [6.45, 7) is 0.202. The van der Waals surface area contributed by atoms with Crippen LogP contribution in [0.15, 0.2) is 35.5 Å². The zero-order valence-corrected chi connectivity index (χ0v) is 7.98. The normalized spacial score (nSPS) is 10.1. The van der Waals surface area contributed by atoms with E-state index in [1.807, 2.05) is 30.3 Å². The third-order valence-corrected chi connectivity index (χ3v) is 1.50. The first-order valence-electron chi connectivity index (χ1n) is 3.84. The average molecular weight is 214 g/mol. The van der Waals surface area contributed by atoms with Crippen molar-refractivity contribution >= 4 is 24.0 Å². The maximum atomic E-state index is 10.9. The quantitative estimate of drug-likeness (QED) is 0.436. The van der Waals surface area contributed by atoms with Gasteiger partial charge >= 0.3 is 5.97 Å². The summed E-state index contributed by atoms with van der Waals surface area (Å²) in [5.41, 5.74) is 0.904. The molecule has 1 rings (SSSR count). The van der Waals surface area contributed by atoms with Crippen molar-refractivity contribution in [2.75, 3.05) is 0 Å². The first-order chi connectivity index (χ1) is 6.83. The lowest BCUT2D eigenvalue weighted by Crippen LogP contribution is -2.05. The van der Waals surface area contributed by atoms with Crippen LogP contribution in [0, 0.1) is 0 Å². The lowest BCUT2D eigenvalue weighted by atomic mass is 10.2. The van der Waals surface area contributed by atoms with Crippen LogP contribution in [0.1, 0.15) is 5.56 Å². The Kier molecular flexibility index (Phi) is 4.50. The molecule has 0 saturated carbocycles. The predicted molar refractivity (Wildman–Crippen MR) is 51.7 cm³/mol. The van der Waals surface area contributed by atoms with Crippen molar-refractivity contribution in [3.8, 4) is 0 Å². The number of carbonyl (C=O) groups excluding carboxylic acids is 1. The van der Waals surface area contributed by atoms with E-state index in [0.717, 1.165) is 11.8 Å². The third kappa shape index (κ3) is 3.91. The number of rotatable bonds is 4. The minimum Gasteiger partial charge on any atom is -0.456 e. The molecule has 0 saturated heterocycles. The van der Waals surface area contributed by atoms with Gasteiger partial charge in [-0.3, -0.25) is 4.39 Å². The van der Waals surface area contributed by atoms with Crippen LogP contribution in [-0.2, 0) is 20.5 Å². The summed E-state index contributed by atoms with van der Waals surface area (Å²) in [4.78, 5) is 10.9. The predicted octanol–water partition coefficient (Wildman–Crippen LogP) is 1.89. The van der Waals surface area contributed by atoms with Crippen molar-refractivity contribution in [3.63, 3.8) is 0 Å². The second-order valence-corrected chi connectivity index (χ2v) is 2.53. The van der Waals surface area contributed by atoms with Crippen LogP contribution in [-0.4, -0.2) is 12.2 Å². The summed E-state index contributed by atoms with van der Waals surface area (Å²) < 4.78 is 8.61. The van der Waals surface area contributed by atoms with E-state index >= 15 is 0 Å². The van der Waals surface area contributed by atoms with Crippen molar-refractivity contribution in [2.45, 2.75) is 6.61 Å². The van der Waals surface area contributed by atoms with E-state index in [9.17, 15) is 4.79 Å². The van der Waals surface area contributed by atoms with Gasteiger partial charge in [-0.15, -0.1) is 0 Å². The molecule has 5 heteroatoms. The largest absolute Gasteiger partial charge is 0.456 e. The van der Waals surface area contributed by atoms with E-state index in [1.165, 1.54) is 0 Å². The topological polar surface area (TPSA) is 47.9 Å². The Balaban J connectivity index is 2.34. The van der Waals surface area contributed by atoms with Crippen molar-refractivity contribution in [1.82, 2.24) is 0 Å². The number of benzene rings is 1. The lowest BCUT2D eigenvalue weighted by molar-refractivity contribution is -0.136. The molecule has 0 aliphatic rings. The van der Waals surface area contributed by atoms with Crippen LogP contribution in [0.5, 0.6) is 0 Å². The molecular formula is C9H8ClNO3. The van der Waals surface area contributed by atoms with Crippen LogP contribution in [0.3, 0.4) is 0 Å². The molecule has 0 unspecified atom stereocenters. The number of oxime groups is 1. The van der Waals surface area contributed by atoms with E-state index in [1.54, 1.807) is 0 Å². The minimum atomic E-state index is -0.602. The van der Waals surface area contributed by atoms with Crippen LogP contribution < -0.4 is 0 Å². The van der Waals surface area contributed by atoms with Crippen LogP contribution in [0.2, 0.25) is 0 Å². The molecule has 0 radical (unpaired) electrons. The summed E-state index contributed by atoms with van der Waals surface area (Å²) in [5, 5.41) is 3.05. The van der Waals surface area contributed by atoms with Crippen molar-refractivity contribution < 1.29 is 13.9 Å². The molecule has 0 amide bonds. The fraction of sp³-hybridized carbons (Fsp3) is 0.111. The van der Waals surface area contributed by atoms with E-state index in [4.69, 9.17) is 16.6 Å². The third-order valence-electron chi connectivity index (χ3n) is 1.42. The molecule has 0 spiro atoms. The number of halogens is 1. The highest BCUT2D eigenvalue weighted by molar-refractivity contribution is 6.23. The average Bonchev–Trinajstić information content (AvgIpc) is 2.25. The standard InChI is InChI=1S/C9H8ClNO3/c10-14-11-6-9(12)13-7-8-4-2-1-3-5-8/h1-6H,7H2/b11-6+. The number of carbonyl (C=O) groups is 1. The number of hydrogen-bond donors (Lipinski definition) is 0. The van der Waals surface area contributed by atoms with E-state index in [-0.39, 0.29) is 6.61 Å². The fourth-order valence-corrected chi connectivity index (χ4v) is 0.869. The van der Waals surface area contributed by atoms with Gasteiger partial charge in [-0.2, -0.15) is 0 Å². The molecule has 0 aromatic heterocycles. The van der Waals surface area contributed by atoms with Gasteiger partial charge in [0.15, 0.2) is 18.1 Å². The molecule has 74 valence electrons. The smallest absolute Gasteiger partial charge is 0.353 e. The van der Waals surface area contributed by atoms with Crippen LogP contribution in [0.25, 0.3) is 0 Å².